The van der Waals surface area contributed by atoms with E-state index in [1.54, 1.807) is 0 Å². The van der Waals surface area contributed by atoms with Gasteiger partial charge in [-0.1, -0.05) is 36.8 Å². The van der Waals surface area contributed by atoms with Crippen LogP contribution in [0.1, 0.15) is 50.1 Å². The van der Waals surface area contributed by atoms with Gasteiger partial charge < -0.3 is 16.0 Å². The van der Waals surface area contributed by atoms with Gasteiger partial charge in [0.1, 0.15) is 0 Å². The normalized spacial score (nSPS) is 24.5. The summed E-state index contributed by atoms with van der Waals surface area (Å²) in [6.07, 6.45) is 5.21. The molecule has 1 aliphatic carbocycles. The van der Waals surface area contributed by atoms with Crippen LogP contribution in [0.4, 0.5) is 0 Å². The van der Waals surface area contributed by atoms with Gasteiger partial charge >= 0.3 is 0 Å². The second-order valence-corrected chi connectivity index (χ2v) is 7.04. The molecule has 25 heavy (non-hydrogen) atoms. The van der Waals surface area contributed by atoms with E-state index in [0.29, 0.717) is 13.0 Å². The van der Waals surface area contributed by atoms with Gasteiger partial charge in [0, 0.05) is 31.5 Å². The standard InChI is InChI=1S/C19H27N3O2.ClH/c20-16-9-4-8-15(12-16)19(24)21-17(14-6-2-1-3-7-14)13-22-11-5-10-18(22)23;/h1-3,6-7,15-17H,4-5,8-13,20H2,(H,21,24);1H. The molecule has 0 spiro atoms. The van der Waals surface area contributed by atoms with Gasteiger partial charge in [0.05, 0.1) is 6.04 Å². The van der Waals surface area contributed by atoms with Gasteiger partial charge in [-0.15, -0.1) is 12.4 Å². The van der Waals surface area contributed by atoms with Crippen molar-refractivity contribution in [2.75, 3.05) is 13.1 Å². The SMILES string of the molecule is Cl.NC1CCCC(C(=O)NC(CN2CCCC2=O)c2ccccc2)C1. The second-order valence-electron chi connectivity index (χ2n) is 7.04. The smallest absolute Gasteiger partial charge is 0.223 e. The highest BCUT2D eigenvalue weighted by atomic mass is 35.5. The minimum absolute atomic E-state index is 0. The Morgan fingerprint density at radius 1 is 1.24 bits per heavy atom. The minimum Gasteiger partial charge on any atom is -0.347 e. The summed E-state index contributed by atoms with van der Waals surface area (Å²) < 4.78 is 0. The summed E-state index contributed by atoms with van der Waals surface area (Å²) >= 11 is 0. The summed E-state index contributed by atoms with van der Waals surface area (Å²) in [4.78, 5) is 26.5. The molecule has 2 amide bonds. The maximum absolute atomic E-state index is 12.7. The van der Waals surface area contributed by atoms with E-state index in [2.05, 4.69) is 5.32 Å². The number of carbonyl (C=O) groups is 2. The lowest BCUT2D eigenvalue weighted by Crippen LogP contribution is -2.43. The van der Waals surface area contributed by atoms with Gasteiger partial charge in [-0.3, -0.25) is 9.59 Å². The Balaban J connectivity index is 0.00000225. The molecule has 0 radical (unpaired) electrons. The number of hydrogen-bond donors (Lipinski definition) is 2. The zero-order valence-electron chi connectivity index (χ0n) is 14.5. The summed E-state index contributed by atoms with van der Waals surface area (Å²) in [6.45, 7) is 1.33. The number of carbonyl (C=O) groups excluding carboxylic acids is 2. The third-order valence-electron chi connectivity index (χ3n) is 5.18. The topological polar surface area (TPSA) is 75.4 Å². The first kappa shape index (κ1) is 19.7. The number of rotatable bonds is 5. The molecule has 1 saturated carbocycles. The molecular weight excluding hydrogens is 338 g/mol. The number of benzene rings is 1. The zero-order valence-corrected chi connectivity index (χ0v) is 15.3. The van der Waals surface area contributed by atoms with E-state index >= 15 is 0 Å². The summed E-state index contributed by atoms with van der Waals surface area (Å²) in [5.74, 6) is 0.254. The number of halogens is 1. The van der Waals surface area contributed by atoms with Gasteiger partial charge in [-0.2, -0.15) is 0 Å². The van der Waals surface area contributed by atoms with Gasteiger partial charge in [0.2, 0.25) is 11.8 Å². The third-order valence-corrected chi connectivity index (χ3v) is 5.18. The largest absolute Gasteiger partial charge is 0.347 e. The van der Waals surface area contributed by atoms with Crippen molar-refractivity contribution in [2.24, 2.45) is 11.7 Å². The van der Waals surface area contributed by atoms with Crippen LogP contribution in [-0.2, 0) is 9.59 Å². The fraction of sp³-hybridized carbons (Fsp3) is 0.579. The van der Waals surface area contributed by atoms with Crippen LogP contribution in [0, 0.1) is 5.92 Å². The molecule has 2 fully saturated rings. The average molecular weight is 366 g/mol. The highest BCUT2D eigenvalue weighted by Gasteiger charge is 2.29. The van der Waals surface area contributed by atoms with Crippen LogP contribution >= 0.6 is 12.4 Å². The van der Waals surface area contributed by atoms with Crippen LogP contribution in [-0.4, -0.2) is 35.8 Å². The van der Waals surface area contributed by atoms with Crippen LogP contribution in [0.5, 0.6) is 0 Å². The maximum atomic E-state index is 12.7. The highest BCUT2D eigenvalue weighted by molar-refractivity contribution is 5.85. The Hall–Kier alpha value is -1.59. The first-order chi connectivity index (χ1) is 11.6. The Morgan fingerprint density at radius 2 is 2.00 bits per heavy atom. The summed E-state index contributed by atoms with van der Waals surface area (Å²) in [7, 11) is 0. The lowest BCUT2D eigenvalue weighted by atomic mass is 9.85. The first-order valence-corrected chi connectivity index (χ1v) is 9.02. The van der Waals surface area contributed by atoms with E-state index in [4.69, 9.17) is 5.73 Å². The van der Waals surface area contributed by atoms with Gasteiger partial charge in [-0.05, 0) is 31.2 Å². The molecule has 3 atom stereocenters. The van der Waals surface area contributed by atoms with Crippen LogP contribution < -0.4 is 11.1 Å². The lowest BCUT2D eigenvalue weighted by molar-refractivity contribution is -0.130. The third kappa shape index (κ3) is 5.19. The van der Waals surface area contributed by atoms with E-state index in [9.17, 15) is 9.59 Å². The van der Waals surface area contributed by atoms with Crippen molar-refractivity contribution >= 4 is 24.2 Å². The predicted octanol–water partition coefficient (Wildman–Crippen LogP) is 2.41. The van der Waals surface area contributed by atoms with Crippen molar-refractivity contribution < 1.29 is 9.59 Å². The van der Waals surface area contributed by atoms with E-state index in [0.717, 1.165) is 44.2 Å². The van der Waals surface area contributed by atoms with Crippen LogP contribution in [0.2, 0.25) is 0 Å². The molecule has 1 aliphatic heterocycles. The molecule has 138 valence electrons. The Morgan fingerprint density at radius 3 is 2.64 bits per heavy atom. The number of hydrogen-bond acceptors (Lipinski definition) is 3. The molecule has 1 saturated heterocycles. The number of nitrogens with one attached hydrogen (secondary N) is 1. The molecule has 3 unspecified atom stereocenters. The van der Waals surface area contributed by atoms with Crippen LogP contribution in [0.15, 0.2) is 30.3 Å². The van der Waals surface area contributed by atoms with E-state index in [1.807, 2.05) is 35.2 Å². The van der Waals surface area contributed by atoms with Crippen LogP contribution in [0.3, 0.4) is 0 Å². The molecule has 6 heteroatoms. The van der Waals surface area contributed by atoms with Gasteiger partial charge in [-0.25, -0.2) is 0 Å². The van der Waals surface area contributed by atoms with Crippen molar-refractivity contribution in [3.05, 3.63) is 35.9 Å². The fourth-order valence-corrected chi connectivity index (χ4v) is 3.79. The molecule has 2 aliphatic rings. The molecular formula is C19H28ClN3O2. The Bertz CT molecular complexity index is 581. The molecule has 3 rings (SSSR count). The van der Waals surface area contributed by atoms with E-state index in [-0.39, 0.29) is 42.2 Å². The van der Waals surface area contributed by atoms with Gasteiger partial charge in [0.25, 0.3) is 0 Å². The highest BCUT2D eigenvalue weighted by Crippen LogP contribution is 2.25. The van der Waals surface area contributed by atoms with Crippen LogP contribution in [0.25, 0.3) is 0 Å². The maximum Gasteiger partial charge on any atom is 0.223 e. The second kappa shape index (κ2) is 9.20. The molecule has 0 aromatic heterocycles. The van der Waals surface area contributed by atoms with Crippen molar-refractivity contribution in [2.45, 2.75) is 50.6 Å². The number of nitrogens with zero attached hydrogens (tertiary/aromatic N) is 1. The molecule has 0 bridgehead atoms. The minimum atomic E-state index is -0.154. The molecule has 3 N–H and O–H groups in total. The number of likely N-dealkylation sites (tertiary alicyclic amines) is 1. The monoisotopic (exact) mass is 365 g/mol. The van der Waals surface area contributed by atoms with Crippen molar-refractivity contribution in [3.8, 4) is 0 Å². The van der Waals surface area contributed by atoms with Crippen molar-refractivity contribution in [1.82, 2.24) is 10.2 Å². The zero-order chi connectivity index (χ0) is 16.9. The Labute approximate surface area is 155 Å². The molecule has 1 aromatic rings. The average Bonchev–Trinajstić information content (AvgIpc) is 3.00. The quantitative estimate of drug-likeness (QED) is 0.841. The molecule has 1 heterocycles. The lowest BCUT2D eigenvalue weighted by Gasteiger charge is -2.30. The Kier molecular flexibility index (Phi) is 7.26. The van der Waals surface area contributed by atoms with Crippen molar-refractivity contribution in [3.63, 3.8) is 0 Å². The van der Waals surface area contributed by atoms with E-state index < -0.39 is 0 Å². The van der Waals surface area contributed by atoms with E-state index in [1.165, 1.54) is 0 Å². The number of nitrogens with two attached hydrogens (primary N) is 1. The fourth-order valence-electron chi connectivity index (χ4n) is 3.79. The predicted molar refractivity (Wildman–Crippen MR) is 100 cm³/mol. The summed E-state index contributed by atoms with van der Waals surface area (Å²) in [5, 5.41) is 3.18. The first-order valence-electron chi connectivity index (χ1n) is 9.02. The van der Waals surface area contributed by atoms with Gasteiger partial charge in [0.15, 0.2) is 0 Å². The van der Waals surface area contributed by atoms with Crippen molar-refractivity contribution in [1.29, 1.82) is 0 Å². The molecule has 1 aromatic carbocycles. The molecule has 5 nitrogen and oxygen atoms in total. The summed E-state index contributed by atoms with van der Waals surface area (Å²) in [6, 6.07) is 9.90. The summed E-state index contributed by atoms with van der Waals surface area (Å²) in [5.41, 5.74) is 7.07. The number of amides is 2.